The highest BCUT2D eigenvalue weighted by atomic mass is 19.4. The lowest BCUT2D eigenvalue weighted by Crippen LogP contribution is -2.17. The molecule has 17 heavy (non-hydrogen) atoms. The van der Waals surface area contributed by atoms with Crippen LogP contribution in [0, 0.1) is 5.41 Å². The Balaban J connectivity index is 2.19. The molecule has 0 unspecified atom stereocenters. The zero-order valence-electron chi connectivity index (χ0n) is 9.58. The summed E-state index contributed by atoms with van der Waals surface area (Å²) in [4.78, 5) is 0. The molecule has 0 aromatic heterocycles. The maximum absolute atomic E-state index is 12.1. The van der Waals surface area contributed by atoms with Gasteiger partial charge in [0.05, 0.1) is 0 Å². The van der Waals surface area contributed by atoms with Crippen LogP contribution in [0.4, 0.5) is 13.2 Å². The van der Waals surface area contributed by atoms with E-state index in [0.717, 1.165) is 5.56 Å². The Morgan fingerprint density at radius 3 is 2.35 bits per heavy atom. The van der Waals surface area contributed by atoms with Gasteiger partial charge >= 0.3 is 6.36 Å². The Kier molecular flexibility index (Phi) is 2.61. The summed E-state index contributed by atoms with van der Waals surface area (Å²) in [6.45, 7) is 4.00. The highest BCUT2D eigenvalue weighted by molar-refractivity contribution is 5.38. The average molecular weight is 245 g/mol. The Morgan fingerprint density at radius 2 is 1.88 bits per heavy atom. The first kappa shape index (κ1) is 12.2. The van der Waals surface area contributed by atoms with E-state index < -0.39 is 6.36 Å². The predicted molar refractivity (Wildman–Crippen MR) is 57.6 cm³/mol. The Hall–Kier alpha value is -1.23. The predicted octanol–water partition coefficient (Wildman–Crippen LogP) is 3.04. The van der Waals surface area contributed by atoms with Gasteiger partial charge in [0, 0.05) is 12.0 Å². The second kappa shape index (κ2) is 3.63. The van der Waals surface area contributed by atoms with Crippen LogP contribution in [-0.4, -0.2) is 12.4 Å². The van der Waals surface area contributed by atoms with Crippen LogP contribution in [0.1, 0.15) is 25.3 Å². The van der Waals surface area contributed by atoms with Crippen molar-refractivity contribution >= 4 is 0 Å². The molecule has 2 rings (SSSR count). The van der Waals surface area contributed by atoms with Crippen molar-refractivity contribution in [2.24, 2.45) is 11.1 Å². The van der Waals surface area contributed by atoms with Crippen molar-refractivity contribution in [2.75, 3.05) is 0 Å². The summed E-state index contributed by atoms with van der Waals surface area (Å²) in [5, 5.41) is 0. The van der Waals surface area contributed by atoms with Crippen molar-refractivity contribution in [1.29, 1.82) is 0 Å². The van der Waals surface area contributed by atoms with Crippen LogP contribution in [-0.2, 0) is 0 Å². The first-order valence-corrected chi connectivity index (χ1v) is 5.33. The van der Waals surface area contributed by atoms with Gasteiger partial charge in [-0.25, -0.2) is 0 Å². The molecule has 0 saturated heterocycles. The largest absolute Gasteiger partial charge is 0.573 e. The molecular formula is C12H14F3NO. The lowest BCUT2D eigenvalue weighted by atomic mass is 10.0. The Labute approximate surface area is 97.6 Å². The van der Waals surface area contributed by atoms with E-state index in [1.165, 1.54) is 12.1 Å². The fraction of sp³-hybridized carbons (Fsp3) is 0.500. The molecule has 0 aliphatic heterocycles. The second-order valence-corrected chi connectivity index (χ2v) is 4.95. The van der Waals surface area contributed by atoms with Gasteiger partial charge in [-0.1, -0.05) is 26.0 Å². The van der Waals surface area contributed by atoms with Gasteiger partial charge in [0.25, 0.3) is 0 Å². The molecule has 0 heterocycles. The third-order valence-electron chi connectivity index (χ3n) is 3.36. The van der Waals surface area contributed by atoms with E-state index in [-0.39, 0.29) is 23.1 Å². The lowest BCUT2D eigenvalue weighted by Gasteiger charge is -2.10. The van der Waals surface area contributed by atoms with Crippen LogP contribution in [0.15, 0.2) is 24.3 Å². The van der Waals surface area contributed by atoms with Gasteiger partial charge in [-0.2, -0.15) is 0 Å². The first-order chi connectivity index (χ1) is 7.72. The molecule has 1 aliphatic rings. The van der Waals surface area contributed by atoms with Gasteiger partial charge in [0.1, 0.15) is 5.75 Å². The minimum Gasteiger partial charge on any atom is -0.406 e. The molecule has 0 amide bonds. The van der Waals surface area contributed by atoms with Crippen molar-refractivity contribution in [3.05, 3.63) is 29.8 Å². The summed E-state index contributed by atoms with van der Waals surface area (Å²) in [6, 6.07) is 6.02. The average Bonchev–Trinajstić information content (AvgIpc) is 2.63. The topological polar surface area (TPSA) is 35.2 Å². The third kappa shape index (κ3) is 2.39. The maximum atomic E-state index is 12.1. The summed E-state index contributed by atoms with van der Waals surface area (Å²) in [7, 11) is 0. The zero-order valence-corrected chi connectivity index (χ0v) is 9.58. The number of hydrogen-bond donors (Lipinski definition) is 1. The number of halogens is 3. The zero-order chi connectivity index (χ0) is 12.8. The molecule has 0 radical (unpaired) electrons. The minimum atomic E-state index is -4.65. The third-order valence-corrected chi connectivity index (χ3v) is 3.36. The van der Waals surface area contributed by atoms with Crippen LogP contribution >= 0.6 is 0 Å². The van der Waals surface area contributed by atoms with Gasteiger partial charge in [-0.05, 0) is 23.1 Å². The number of rotatable bonds is 2. The van der Waals surface area contributed by atoms with Crippen molar-refractivity contribution < 1.29 is 17.9 Å². The SMILES string of the molecule is CC1(C)[C@@H](N)[C@@H]1c1cccc(OC(F)(F)F)c1. The van der Waals surface area contributed by atoms with E-state index in [1.807, 2.05) is 13.8 Å². The quantitative estimate of drug-likeness (QED) is 0.869. The van der Waals surface area contributed by atoms with Gasteiger partial charge in [0.2, 0.25) is 0 Å². The molecule has 0 bridgehead atoms. The molecular weight excluding hydrogens is 231 g/mol. The van der Waals surface area contributed by atoms with Crippen molar-refractivity contribution in [3.63, 3.8) is 0 Å². The first-order valence-electron chi connectivity index (χ1n) is 5.33. The summed E-state index contributed by atoms with van der Waals surface area (Å²) in [5.41, 5.74) is 6.63. The minimum absolute atomic E-state index is 0.0105. The number of ether oxygens (including phenoxy) is 1. The van der Waals surface area contributed by atoms with Crippen molar-refractivity contribution in [3.8, 4) is 5.75 Å². The van der Waals surface area contributed by atoms with Crippen LogP contribution in [0.2, 0.25) is 0 Å². The molecule has 1 aromatic carbocycles. The van der Waals surface area contributed by atoms with Gasteiger partial charge in [-0.15, -0.1) is 13.2 Å². The molecule has 0 spiro atoms. The van der Waals surface area contributed by atoms with E-state index in [0.29, 0.717) is 0 Å². The molecule has 1 aliphatic carbocycles. The van der Waals surface area contributed by atoms with Gasteiger partial charge in [-0.3, -0.25) is 0 Å². The second-order valence-electron chi connectivity index (χ2n) is 4.95. The fourth-order valence-corrected chi connectivity index (χ4v) is 2.22. The maximum Gasteiger partial charge on any atom is 0.573 e. The van der Waals surface area contributed by atoms with Crippen LogP contribution in [0.3, 0.4) is 0 Å². The summed E-state index contributed by atoms with van der Waals surface area (Å²) < 4.78 is 40.1. The molecule has 5 heteroatoms. The van der Waals surface area contributed by atoms with E-state index in [2.05, 4.69) is 4.74 Å². The smallest absolute Gasteiger partial charge is 0.406 e. The highest BCUT2D eigenvalue weighted by Crippen LogP contribution is 2.57. The summed E-state index contributed by atoms with van der Waals surface area (Å²) >= 11 is 0. The molecule has 2 atom stereocenters. The van der Waals surface area contributed by atoms with E-state index in [9.17, 15) is 13.2 Å². The van der Waals surface area contributed by atoms with Gasteiger partial charge < -0.3 is 10.5 Å². The molecule has 94 valence electrons. The molecule has 1 aromatic rings. The molecule has 2 nitrogen and oxygen atoms in total. The number of alkyl halides is 3. The van der Waals surface area contributed by atoms with Crippen LogP contribution in [0.25, 0.3) is 0 Å². The molecule has 1 saturated carbocycles. The Morgan fingerprint density at radius 1 is 1.29 bits per heavy atom. The van der Waals surface area contributed by atoms with E-state index in [4.69, 9.17) is 5.73 Å². The van der Waals surface area contributed by atoms with Crippen LogP contribution < -0.4 is 10.5 Å². The van der Waals surface area contributed by atoms with Crippen molar-refractivity contribution in [2.45, 2.75) is 32.2 Å². The van der Waals surface area contributed by atoms with E-state index >= 15 is 0 Å². The number of nitrogens with two attached hydrogens (primary N) is 1. The highest BCUT2D eigenvalue weighted by Gasteiger charge is 2.56. The molecule has 2 N–H and O–H groups in total. The normalized spacial score (nSPS) is 26.7. The molecule has 1 fully saturated rings. The number of hydrogen-bond acceptors (Lipinski definition) is 2. The monoisotopic (exact) mass is 245 g/mol. The van der Waals surface area contributed by atoms with E-state index in [1.54, 1.807) is 12.1 Å². The van der Waals surface area contributed by atoms with Crippen LogP contribution in [0.5, 0.6) is 5.75 Å². The summed E-state index contributed by atoms with van der Waals surface area (Å²) in [6.07, 6.45) is -4.65. The standard InChI is InChI=1S/C12H14F3NO/c1-11(2)9(10(11)16)7-4-3-5-8(6-7)17-12(13,14)15/h3-6,9-10H,16H2,1-2H3/t9-,10-/m0/s1. The van der Waals surface area contributed by atoms with Gasteiger partial charge in [0.15, 0.2) is 0 Å². The fourth-order valence-electron chi connectivity index (χ4n) is 2.22. The summed E-state index contributed by atoms with van der Waals surface area (Å²) in [5.74, 6) is -0.0933. The number of benzene rings is 1. The lowest BCUT2D eigenvalue weighted by molar-refractivity contribution is -0.274. The van der Waals surface area contributed by atoms with Crippen molar-refractivity contribution in [1.82, 2.24) is 0 Å². The Bertz CT molecular complexity index is 428.